The van der Waals surface area contributed by atoms with E-state index in [0.717, 1.165) is 5.56 Å². The van der Waals surface area contributed by atoms with Gasteiger partial charge in [0.2, 0.25) is 0 Å². The molecule has 0 aliphatic rings. The van der Waals surface area contributed by atoms with Crippen molar-refractivity contribution in [2.24, 2.45) is 7.05 Å². The number of thiophene rings is 1. The molecule has 0 aliphatic heterocycles. The van der Waals surface area contributed by atoms with E-state index in [9.17, 15) is 9.59 Å². The number of hydrogen-bond donors (Lipinski definition) is 0. The molecule has 3 heterocycles. The summed E-state index contributed by atoms with van der Waals surface area (Å²) >= 11 is 1.26. The van der Waals surface area contributed by atoms with Gasteiger partial charge in [0, 0.05) is 13.6 Å². The Labute approximate surface area is 165 Å². The monoisotopic (exact) mass is 393 g/mol. The zero-order chi connectivity index (χ0) is 19.7. The molecule has 4 aromatic rings. The maximum atomic E-state index is 13.4. The van der Waals surface area contributed by atoms with Crippen LogP contribution in [0.25, 0.3) is 10.2 Å². The molecule has 142 valence electrons. The molecule has 0 N–H and O–H groups in total. The van der Waals surface area contributed by atoms with Crippen molar-refractivity contribution in [2.45, 2.75) is 20.0 Å². The van der Waals surface area contributed by atoms with Gasteiger partial charge in [0.05, 0.1) is 29.4 Å². The Balaban J connectivity index is 1.74. The number of hydrogen-bond acceptors (Lipinski definition) is 5. The molecule has 4 rings (SSSR count). The number of furan rings is 1. The van der Waals surface area contributed by atoms with Gasteiger partial charge >= 0.3 is 0 Å². The van der Waals surface area contributed by atoms with Gasteiger partial charge in [0.15, 0.2) is 0 Å². The van der Waals surface area contributed by atoms with E-state index in [1.54, 1.807) is 24.3 Å². The van der Waals surface area contributed by atoms with Gasteiger partial charge in [-0.05, 0) is 30.2 Å². The van der Waals surface area contributed by atoms with Gasteiger partial charge in [-0.1, -0.05) is 30.3 Å². The fourth-order valence-corrected chi connectivity index (χ4v) is 4.26. The predicted molar refractivity (Wildman–Crippen MR) is 108 cm³/mol. The van der Waals surface area contributed by atoms with E-state index in [-0.39, 0.29) is 11.5 Å². The van der Waals surface area contributed by atoms with Crippen LogP contribution in [-0.2, 0) is 20.1 Å². The minimum Gasteiger partial charge on any atom is -0.467 e. The van der Waals surface area contributed by atoms with Crippen LogP contribution in [-0.4, -0.2) is 20.4 Å². The Bertz CT molecular complexity index is 1180. The van der Waals surface area contributed by atoms with Crippen LogP contribution in [0.5, 0.6) is 0 Å². The number of fused-ring (bicyclic) bond motifs is 1. The van der Waals surface area contributed by atoms with E-state index in [1.165, 1.54) is 22.2 Å². The summed E-state index contributed by atoms with van der Waals surface area (Å²) < 4.78 is 6.89. The molecule has 0 bridgehead atoms. The van der Waals surface area contributed by atoms with Crippen molar-refractivity contribution < 1.29 is 9.21 Å². The van der Waals surface area contributed by atoms with Crippen LogP contribution in [0.3, 0.4) is 0 Å². The molecule has 6 nitrogen and oxygen atoms in total. The van der Waals surface area contributed by atoms with E-state index in [1.807, 2.05) is 43.3 Å². The van der Waals surface area contributed by atoms with Gasteiger partial charge in [0.1, 0.15) is 10.6 Å². The van der Waals surface area contributed by atoms with E-state index < -0.39 is 0 Å². The molecule has 0 fully saturated rings. The molecule has 0 unspecified atom stereocenters. The topological polar surface area (TPSA) is 68.3 Å². The highest BCUT2D eigenvalue weighted by molar-refractivity contribution is 7.20. The van der Waals surface area contributed by atoms with Gasteiger partial charge in [-0.15, -0.1) is 11.3 Å². The standard InChI is InChI=1S/C21H19N3O3S/c1-14-17-19(22-13-23(2)20(17)25)28-18(14)21(26)24(12-16-9-6-10-27-16)11-15-7-4-3-5-8-15/h3-10,13H,11-12H2,1-2H3. The van der Waals surface area contributed by atoms with Gasteiger partial charge in [-0.2, -0.15) is 0 Å². The van der Waals surface area contributed by atoms with Crippen LogP contribution in [0.1, 0.15) is 26.6 Å². The first-order valence-electron chi connectivity index (χ1n) is 8.85. The minimum absolute atomic E-state index is 0.136. The van der Waals surface area contributed by atoms with E-state index in [4.69, 9.17) is 4.42 Å². The van der Waals surface area contributed by atoms with Crippen molar-refractivity contribution in [1.82, 2.24) is 14.5 Å². The number of carbonyl (C=O) groups excluding carboxylic acids is 1. The molecular weight excluding hydrogens is 374 g/mol. The number of aromatic nitrogens is 2. The van der Waals surface area contributed by atoms with Crippen LogP contribution in [0.4, 0.5) is 0 Å². The summed E-state index contributed by atoms with van der Waals surface area (Å²) in [5, 5.41) is 0.510. The number of aryl methyl sites for hydroxylation is 2. The number of rotatable bonds is 5. The summed E-state index contributed by atoms with van der Waals surface area (Å²) in [6, 6.07) is 13.5. The number of benzene rings is 1. The lowest BCUT2D eigenvalue weighted by molar-refractivity contribution is 0.0722. The molecule has 1 amide bonds. The maximum Gasteiger partial charge on any atom is 0.265 e. The van der Waals surface area contributed by atoms with E-state index in [2.05, 4.69) is 4.98 Å². The molecule has 0 saturated heterocycles. The van der Waals surface area contributed by atoms with Crippen LogP contribution in [0, 0.1) is 6.92 Å². The summed E-state index contributed by atoms with van der Waals surface area (Å²) in [6.45, 7) is 2.60. The molecule has 0 saturated carbocycles. The molecule has 1 aromatic carbocycles. The van der Waals surface area contributed by atoms with E-state index in [0.29, 0.717) is 39.5 Å². The summed E-state index contributed by atoms with van der Waals surface area (Å²) in [5.41, 5.74) is 1.56. The van der Waals surface area contributed by atoms with Gasteiger partial charge in [-0.25, -0.2) is 4.98 Å². The average molecular weight is 393 g/mol. The first kappa shape index (κ1) is 18.2. The second-order valence-corrected chi connectivity index (χ2v) is 7.62. The third kappa shape index (κ3) is 3.36. The predicted octanol–water partition coefficient (Wildman–Crippen LogP) is 3.74. The van der Waals surface area contributed by atoms with Crippen molar-refractivity contribution in [1.29, 1.82) is 0 Å². The Morgan fingerprint density at radius 3 is 2.68 bits per heavy atom. The number of nitrogens with zero attached hydrogens (tertiary/aromatic N) is 3. The highest BCUT2D eigenvalue weighted by atomic mass is 32.1. The van der Waals surface area contributed by atoms with Crippen molar-refractivity contribution in [2.75, 3.05) is 0 Å². The zero-order valence-electron chi connectivity index (χ0n) is 15.6. The number of amides is 1. The molecule has 28 heavy (non-hydrogen) atoms. The summed E-state index contributed by atoms with van der Waals surface area (Å²) in [7, 11) is 1.66. The SMILES string of the molecule is Cc1c(C(=O)N(Cc2ccccc2)Cc2ccco2)sc2ncn(C)c(=O)c12. The fraction of sp³-hybridized carbons (Fsp3) is 0.190. The molecule has 0 aliphatic carbocycles. The molecule has 0 radical (unpaired) electrons. The second-order valence-electron chi connectivity index (χ2n) is 6.62. The van der Waals surface area contributed by atoms with Crippen LogP contribution in [0.15, 0.2) is 64.3 Å². The molecule has 3 aromatic heterocycles. The van der Waals surface area contributed by atoms with Crippen LogP contribution >= 0.6 is 11.3 Å². The van der Waals surface area contributed by atoms with Gasteiger partial charge in [-0.3, -0.25) is 9.59 Å². The Morgan fingerprint density at radius 1 is 1.18 bits per heavy atom. The third-order valence-electron chi connectivity index (χ3n) is 4.64. The van der Waals surface area contributed by atoms with Gasteiger partial charge < -0.3 is 13.9 Å². The van der Waals surface area contributed by atoms with Crippen molar-refractivity contribution in [3.63, 3.8) is 0 Å². The minimum atomic E-state index is -0.140. The molecule has 0 spiro atoms. The smallest absolute Gasteiger partial charge is 0.265 e. The average Bonchev–Trinajstić information content (AvgIpc) is 3.33. The van der Waals surface area contributed by atoms with E-state index >= 15 is 0 Å². The first-order chi connectivity index (χ1) is 13.5. The summed E-state index contributed by atoms with van der Waals surface area (Å²) in [5.74, 6) is 0.569. The fourth-order valence-electron chi connectivity index (χ4n) is 3.15. The Morgan fingerprint density at radius 2 is 1.96 bits per heavy atom. The highest BCUT2D eigenvalue weighted by Gasteiger charge is 2.24. The van der Waals surface area contributed by atoms with Crippen LogP contribution in [0.2, 0.25) is 0 Å². The lowest BCUT2D eigenvalue weighted by Crippen LogP contribution is -2.30. The maximum absolute atomic E-state index is 13.4. The highest BCUT2D eigenvalue weighted by Crippen LogP contribution is 2.29. The second kappa shape index (κ2) is 7.44. The largest absolute Gasteiger partial charge is 0.467 e. The normalized spacial score (nSPS) is 11.1. The third-order valence-corrected chi connectivity index (χ3v) is 5.82. The summed E-state index contributed by atoms with van der Waals surface area (Å²) in [4.78, 5) is 33.1. The summed E-state index contributed by atoms with van der Waals surface area (Å²) in [6.07, 6.45) is 3.08. The van der Waals surface area contributed by atoms with Crippen molar-refractivity contribution in [3.05, 3.63) is 87.2 Å². The Hall–Kier alpha value is -3.19. The lowest BCUT2D eigenvalue weighted by atomic mass is 10.1. The Kier molecular flexibility index (Phi) is 4.83. The molecular formula is C21H19N3O3S. The molecule has 7 heteroatoms. The van der Waals surface area contributed by atoms with Crippen LogP contribution < -0.4 is 5.56 Å². The lowest BCUT2D eigenvalue weighted by Gasteiger charge is -2.21. The number of carbonyl (C=O) groups is 1. The molecule has 0 atom stereocenters. The van der Waals surface area contributed by atoms with Gasteiger partial charge in [0.25, 0.3) is 11.5 Å². The first-order valence-corrected chi connectivity index (χ1v) is 9.66. The quantitative estimate of drug-likeness (QED) is 0.518. The zero-order valence-corrected chi connectivity index (χ0v) is 16.4. The van der Waals surface area contributed by atoms with Crippen molar-refractivity contribution in [3.8, 4) is 0 Å². The van der Waals surface area contributed by atoms with Crippen molar-refractivity contribution >= 4 is 27.5 Å².